The van der Waals surface area contributed by atoms with Crippen LogP contribution in [0, 0.1) is 19.3 Å². The lowest BCUT2D eigenvalue weighted by molar-refractivity contribution is -0.101. The molecule has 0 amide bonds. The molecule has 6 rings (SSSR count). The Morgan fingerprint density at radius 2 is 2.00 bits per heavy atom. The van der Waals surface area contributed by atoms with E-state index in [4.69, 9.17) is 9.72 Å². The average Bonchev–Trinajstić information content (AvgIpc) is 3.38. The second kappa shape index (κ2) is 7.89. The van der Waals surface area contributed by atoms with Crippen molar-refractivity contribution in [3.8, 4) is 11.3 Å². The summed E-state index contributed by atoms with van der Waals surface area (Å²) in [6, 6.07) is 5.02. The van der Waals surface area contributed by atoms with Gasteiger partial charge in [0.25, 0.3) is 0 Å². The fourth-order valence-electron chi connectivity index (χ4n) is 5.53. The maximum Gasteiger partial charge on any atom is 0.158 e. The van der Waals surface area contributed by atoms with E-state index in [-0.39, 0.29) is 0 Å². The van der Waals surface area contributed by atoms with Crippen molar-refractivity contribution in [1.82, 2.24) is 29.9 Å². The van der Waals surface area contributed by atoms with Crippen LogP contribution in [0.25, 0.3) is 27.9 Å². The Labute approximate surface area is 200 Å². The molecule has 0 bridgehead atoms. The van der Waals surface area contributed by atoms with Crippen molar-refractivity contribution in [2.24, 2.45) is 5.41 Å². The number of aromatic amines is 1. The second-order valence-electron chi connectivity index (χ2n) is 11.1. The molecule has 1 aliphatic carbocycles. The summed E-state index contributed by atoms with van der Waals surface area (Å²) >= 11 is 0. The van der Waals surface area contributed by atoms with E-state index in [2.05, 4.69) is 73.3 Å². The SMILES string of the molecule is Cc1c(-c2[nH]c3ccc(C4CC(NCC5(C)COC5)C4)nc3c2C(C)C)cn2ncnc2c1C. The summed E-state index contributed by atoms with van der Waals surface area (Å²) < 4.78 is 7.27. The van der Waals surface area contributed by atoms with Crippen LogP contribution in [-0.2, 0) is 4.74 Å². The third kappa shape index (κ3) is 3.45. The zero-order valence-corrected chi connectivity index (χ0v) is 20.8. The quantitative estimate of drug-likeness (QED) is 0.430. The fraction of sp³-hybridized carbons (Fsp3) is 0.519. The van der Waals surface area contributed by atoms with Crippen molar-refractivity contribution >= 4 is 16.7 Å². The number of aromatic nitrogens is 5. The van der Waals surface area contributed by atoms with E-state index in [1.165, 1.54) is 22.4 Å². The zero-order chi connectivity index (χ0) is 23.6. The number of fused-ring (bicyclic) bond motifs is 2. The van der Waals surface area contributed by atoms with Crippen molar-refractivity contribution in [1.29, 1.82) is 0 Å². The molecule has 0 radical (unpaired) electrons. The highest BCUT2D eigenvalue weighted by atomic mass is 16.5. The molecule has 7 nitrogen and oxygen atoms in total. The normalized spacial score (nSPS) is 21.8. The van der Waals surface area contributed by atoms with E-state index in [1.807, 2.05) is 4.52 Å². The maximum atomic E-state index is 5.39. The molecular weight excluding hydrogens is 424 g/mol. The van der Waals surface area contributed by atoms with Crippen LogP contribution < -0.4 is 5.32 Å². The highest BCUT2D eigenvalue weighted by Crippen LogP contribution is 2.41. The Morgan fingerprint density at radius 1 is 1.21 bits per heavy atom. The highest BCUT2D eigenvalue weighted by molar-refractivity contribution is 5.89. The molecular formula is C27H34N6O. The fourth-order valence-corrected chi connectivity index (χ4v) is 5.53. The molecule has 0 spiro atoms. The Kier molecular flexibility index (Phi) is 5.04. The van der Waals surface area contributed by atoms with Crippen LogP contribution in [0.5, 0.6) is 0 Å². The minimum Gasteiger partial charge on any atom is -0.380 e. The van der Waals surface area contributed by atoms with Gasteiger partial charge in [0.05, 0.1) is 29.9 Å². The lowest BCUT2D eigenvalue weighted by Gasteiger charge is -2.42. The number of H-pyrrole nitrogens is 1. The highest BCUT2D eigenvalue weighted by Gasteiger charge is 2.37. The van der Waals surface area contributed by atoms with Gasteiger partial charge >= 0.3 is 0 Å². The average molecular weight is 459 g/mol. The summed E-state index contributed by atoms with van der Waals surface area (Å²) in [6.07, 6.45) is 6.03. The molecule has 178 valence electrons. The number of aryl methyl sites for hydroxylation is 1. The lowest BCUT2D eigenvalue weighted by atomic mass is 9.77. The molecule has 4 aromatic heterocycles. The number of ether oxygens (including phenoxy) is 1. The lowest BCUT2D eigenvalue weighted by Crippen LogP contribution is -2.51. The van der Waals surface area contributed by atoms with Gasteiger partial charge in [0, 0.05) is 46.9 Å². The zero-order valence-electron chi connectivity index (χ0n) is 20.8. The Hall–Kier alpha value is -2.77. The Morgan fingerprint density at radius 3 is 2.71 bits per heavy atom. The molecule has 0 atom stereocenters. The predicted octanol–water partition coefficient (Wildman–Crippen LogP) is 4.88. The Bertz CT molecular complexity index is 1370. The van der Waals surface area contributed by atoms with Crippen LogP contribution in [0.4, 0.5) is 0 Å². The first-order valence-corrected chi connectivity index (χ1v) is 12.5. The number of hydrogen-bond donors (Lipinski definition) is 2. The van der Waals surface area contributed by atoms with Gasteiger partial charge < -0.3 is 15.0 Å². The Balaban J connectivity index is 1.31. The number of hydrogen-bond acceptors (Lipinski definition) is 5. The van der Waals surface area contributed by atoms with Gasteiger partial charge in [0.2, 0.25) is 0 Å². The van der Waals surface area contributed by atoms with Gasteiger partial charge in [-0.3, -0.25) is 4.98 Å². The summed E-state index contributed by atoms with van der Waals surface area (Å²) in [6.45, 7) is 13.9. The second-order valence-corrected chi connectivity index (χ2v) is 11.1. The molecule has 0 aromatic carbocycles. The van der Waals surface area contributed by atoms with Crippen LogP contribution in [0.1, 0.15) is 67.8 Å². The van der Waals surface area contributed by atoms with Crippen LogP contribution in [-0.4, -0.2) is 50.4 Å². The van der Waals surface area contributed by atoms with E-state index >= 15 is 0 Å². The van der Waals surface area contributed by atoms with Gasteiger partial charge in [-0.05, 0) is 55.9 Å². The predicted molar refractivity (Wildman–Crippen MR) is 134 cm³/mol. The van der Waals surface area contributed by atoms with Crippen LogP contribution in [0.3, 0.4) is 0 Å². The third-order valence-corrected chi connectivity index (χ3v) is 7.95. The van der Waals surface area contributed by atoms with Gasteiger partial charge in [-0.15, -0.1) is 0 Å². The van der Waals surface area contributed by atoms with Gasteiger partial charge in [0.1, 0.15) is 6.33 Å². The van der Waals surface area contributed by atoms with E-state index in [9.17, 15) is 0 Å². The van der Waals surface area contributed by atoms with Crippen molar-refractivity contribution in [2.75, 3.05) is 19.8 Å². The van der Waals surface area contributed by atoms with Crippen LogP contribution in [0.15, 0.2) is 24.7 Å². The molecule has 1 saturated heterocycles. The van der Waals surface area contributed by atoms with Gasteiger partial charge in [0.15, 0.2) is 5.65 Å². The first-order chi connectivity index (χ1) is 16.3. The summed E-state index contributed by atoms with van der Waals surface area (Å²) in [5.41, 5.74) is 10.6. The molecule has 7 heteroatoms. The largest absolute Gasteiger partial charge is 0.380 e. The maximum absolute atomic E-state index is 5.39. The molecule has 5 heterocycles. The molecule has 2 fully saturated rings. The molecule has 4 aromatic rings. The monoisotopic (exact) mass is 458 g/mol. The van der Waals surface area contributed by atoms with Crippen LogP contribution >= 0.6 is 0 Å². The van der Waals surface area contributed by atoms with Crippen molar-refractivity contribution in [3.63, 3.8) is 0 Å². The van der Waals surface area contributed by atoms with Crippen LogP contribution in [0.2, 0.25) is 0 Å². The van der Waals surface area contributed by atoms with Crippen molar-refractivity contribution in [2.45, 2.75) is 65.3 Å². The topological polar surface area (TPSA) is 80.1 Å². The smallest absolute Gasteiger partial charge is 0.158 e. The first kappa shape index (κ1) is 21.7. The summed E-state index contributed by atoms with van der Waals surface area (Å²) in [4.78, 5) is 13.3. The van der Waals surface area contributed by atoms with Crippen molar-refractivity contribution in [3.05, 3.63) is 47.0 Å². The molecule has 2 N–H and O–H groups in total. The first-order valence-electron chi connectivity index (χ1n) is 12.5. The van der Waals surface area contributed by atoms with Gasteiger partial charge in [-0.25, -0.2) is 9.50 Å². The summed E-state index contributed by atoms with van der Waals surface area (Å²) in [7, 11) is 0. The number of pyridine rings is 2. The molecule has 1 saturated carbocycles. The van der Waals surface area contributed by atoms with E-state index in [0.29, 0.717) is 23.3 Å². The number of nitrogens with one attached hydrogen (secondary N) is 2. The molecule has 2 aliphatic rings. The van der Waals surface area contributed by atoms with Crippen molar-refractivity contribution < 1.29 is 4.74 Å². The van der Waals surface area contributed by atoms with E-state index in [1.54, 1.807) is 6.33 Å². The number of nitrogens with zero attached hydrogens (tertiary/aromatic N) is 4. The number of rotatable bonds is 6. The van der Waals surface area contributed by atoms with Gasteiger partial charge in [-0.1, -0.05) is 20.8 Å². The summed E-state index contributed by atoms with van der Waals surface area (Å²) in [5, 5.41) is 8.15. The minimum absolute atomic E-state index is 0.321. The molecule has 34 heavy (non-hydrogen) atoms. The minimum atomic E-state index is 0.321. The molecule has 0 unspecified atom stereocenters. The van der Waals surface area contributed by atoms with Gasteiger partial charge in [-0.2, -0.15) is 5.10 Å². The standard InChI is InChI=1S/C27H34N6O/c1-15(2)23-24(20-10-33-26(29-14-30-33)17(4)16(20)3)32-22-7-6-21(31-25(22)23)18-8-19(9-18)28-11-27(5)12-34-13-27/h6-7,10,14-15,18-19,28,32H,8-9,11-13H2,1-5H3. The van der Waals surface area contributed by atoms with E-state index in [0.717, 1.165) is 60.5 Å². The molecule has 1 aliphatic heterocycles. The summed E-state index contributed by atoms with van der Waals surface area (Å²) in [5.74, 6) is 0.875. The third-order valence-electron chi connectivity index (χ3n) is 7.95. The van der Waals surface area contributed by atoms with E-state index < -0.39 is 0 Å².